The number of halogens is 2. The van der Waals surface area contributed by atoms with E-state index >= 15 is 0 Å². The molecule has 3 heteroatoms. The van der Waals surface area contributed by atoms with Crippen LogP contribution in [0.1, 0.15) is 0 Å². The van der Waals surface area contributed by atoms with Gasteiger partial charge in [-0.3, -0.25) is 0 Å². The number of rotatable bonds is 1. The highest BCUT2D eigenvalue weighted by molar-refractivity contribution is 6.35. The topological polar surface area (TPSA) is 13.1 Å². The van der Waals surface area contributed by atoms with Crippen molar-refractivity contribution in [3.63, 3.8) is 0 Å². The Hall–Kier alpha value is -1.96. The van der Waals surface area contributed by atoms with Crippen molar-refractivity contribution < 1.29 is 4.42 Å². The summed E-state index contributed by atoms with van der Waals surface area (Å²) in [5.41, 5.74) is 3.85. The molecule has 0 saturated carbocycles. The summed E-state index contributed by atoms with van der Waals surface area (Å²) < 4.78 is 5.84. The van der Waals surface area contributed by atoms with Gasteiger partial charge in [-0.1, -0.05) is 47.5 Å². The summed E-state index contributed by atoms with van der Waals surface area (Å²) in [6.45, 7) is 0. The second-order valence-electron chi connectivity index (χ2n) is 4.97. The summed E-state index contributed by atoms with van der Waals surface area (Å²) >= 11 is 12.2. The van der Waals surface area contributed by atoms with Gasteiger partial charge in [0.05, 0.1) is 0 Å². The second kappa shape index (κ2) is 4.80. The number of benzene rings is 3. The normalized spacial score (nSPS) is 11.3. The Kier molecular flexibility index (Phi) is 2.91. The van der Waals surface area contributed by atoms with Crippen molar-refractivity contribution in [1.29, 1.82) is 0 Å². The lowest BCUT2D eigenvalue weighted by atomic mass is 10.0. The average Bonchev–Trinajstić information content (AvgIpc) is 2.84. The molecule has 0 radical (unpaired) electrons. The molecule has 4 rings (SSSR count). The van der Waals surface area contributed by atoms with Crippen LogP contribution in [0.2, 0.25) is 10.0 Å². The molecule has 0 N–H and O–H groups in total. The fourth-order valence-corrected chi connectivity index (χ4v) is 3.15. The first-order chi connectivity index (χ1) is 10.2. The van der Waals surface area contributed by atoms with Crippen LogP contribution < -0.4 is 0 Å². The van der Waals surface area contributed by atoms with Crippen molar-refractivity contribution in [2.75, 3.05) is 0 Å². The van der Waals surface area contributed by atoms with Crippen molar-refractivity contribution in [2.45, 2.75) is 0 Å². The lowest BCUT2D eigenvalue weighted by molar-refractivity contribution is 0.669. The van der Waals surface area contributed by atoms with E-state index in [1.54, 1.807) is 6.07 Å². The van der Waals surface area contributed by atoms with E-state index in [0.29, 0.717) is 10.0 Å². The van der Waals surface area contributed by atoms with Gasteiger partial charge in [0.1, 0.15) is 11.2 Å². The maximum atomic E-state index is 6.09. The molecule has 102 valence electrons. The predicted molar refractivity (Wildman–Crippen MR) is 89.2 cm³/mol. The molecule has 1 heterocycles. The molecule has 0 amide bonds. The Balaban J connectivity index is 1.99. The largest absolute Gasteiger partial charge is 0.456 e. The molecule has 21 heavy (non-hydrogen) atoms. The Morgan fingerprint density at radius 3 is 2.14 bits per heavy atom. The van der Waals surface area contributed by atoms with Gasteiger partial charge in [0, 0.05) is 20.8 Å². The van der Waals surface area contributed by atoms with Crippen LogP contribution >= 0.6 is 23.2 Å². The van der Waals surface area contributed by atoms with E-state index in [1.807, 2.05) is 42.5 Å². The van der Waals surface area contributed by atoms with Crippen molar-refractivity contribution >= 4 is 45.1 Å². The molecule has 0 aliphatic carbocycles. The zero-order valence-electron chi connectivity index (χ0n) is 10.9. The van der Waals surface area contributed by atoms with Gasteiger partial charge in [-0.2, -0.15) is 0 Å². The number of hydrogen-bond donors (Lipinski definition) is 0. The third-order valence-corrected chi connectivity index (χ3v) is 4.01. The highest BCUT2D eigenvalue weighted by Crippen LogP contribution is 2.33. The molecular formula is C18H10Cl2O. The van der Waals surface area contributed by atoms with E-state index in [0.717, 1.165) is 33.1 Å². The highest BCUT2D eigenvalue weighted by atomic mass is 35.5. The maximum absolute atomic E-state index is 6.09. The summed E-state index contributed by atoms with van der Waals surface area (Å²) in [7, 11) is 0. The SMILES string of the molecule is Clc1cc(Cl)cc(-c2ccc3oc4ccccc4c3c2)c1. The summed E-state index contributed by atoms with van der Waals surface area (Å²) in [6.07, 6.45) is 0. The van der Waals surface area contributed by atoms with E-state index in [-0.39, 0.29) is 0 Å². The third kappa shape index (κ3) is 2.19. The van der Waals surface area contributed by atoms with Gasteiger partial charge in [-0.15, -0.1) is 0 Å². The zero-order chi connectivity index (χ0) is 14.4. The number of hydrogen-bond acceptors (Lipinski definition) is 1. The summed E-state index contributed by atoms with van der Waals surface area (Å²) in [4.78, 5) is 0. The standard InChI is InChI=1S/C18H10Cl2O/c19-13-7-12(8-14(20)10-13)11-5-6-18-16(9-11)15-3-1-2-4-17(15)21-18/h1-10H. The quantitative estimate of drug-likeness (QED) is 0.388. The van der Waals surface area contributed by atoms with Gasteiger partial charge in [0.15, 0.2) is 0 Å². The number of para-hydroxylation sites is 1. The molecule has 4 aromatic rings. The molecule has 1 nitrogen and oxygen atoms in total. The van der Waals surface area contributed by atoms with Crippen LogP contribution in [-0.2, 0) is 0 Å². The minimum absolute atomic E-state index is 0.634. The van der Waals surface area contributed by atoms with Crippen molar-refractivity contribution in [2.24, 2.45) is 0 Å². The fraction of sp³-hybridized carbons (Fsp3) is 0. The number of fused-ring (bicyclic) bond motifs is 3. The van der Waals surface area contributed by atoms with Gasteiger partial charge in [-0.05, 0) is 47.5 Å². The van der Waals surface area contributed by atoms with Gasteiger partial charge >= 0.3 is 0 Å². The Morgan fingerprint density at radius 2 is 1.33 bits per heavy atom. The van der Waals surface area contributed by atoms with Crippen LogP contribution in [0, 0.1) is 0 Å². The van der Waals surface area contributed by atoms with Gasteiger partial charge < -0.3 is 4.42 Å². The molecular weight excluding hydrogens is 303 g/mol. The van der Waals surface area contributed by atoms with Crippen LogP contribution in [-0.4, -0.2) is 0 Å². The molecule has 0 spiro atoms. The molecule has 0 fully saturated rings. The van der Waals surface area contributed by atoms with Crippen molar-refractivity contribution in [1.82, 2.24) is 0 Å². The lowest BCUT2D eigenvalue weighted by Gasteiger charge is -2.04. The molecule has 3 aromatic carbocycles. The predicted octanol–water partition coefficient (Wildman–Crippen LogP) is 6.56. The van der Waals surface area contributed by atoms with Crippen molar-refractivity contribution in [3.8, 4) is 11.1 Å². The van der Waals surface area contributed by atoms with Gasteiger partial charge in [0.2, 0.25) is 0 Å². The smallest absolute Gasteiger partial charge is 0.135 e. The van der Waals surface area contributed by atoms with E-state index in [1.165, 1.54) is 0 Å². The Labute approximate surface area is 131 Å². The first-order valence-corrected chi connectivity index (χ1v) is 7.34. The first-order valence-electron chi connectivity index (χ1n) is 6.58. The minimum Gasteiger partial charge on any atom is -0.456 e. The second-order valence-corrected chi connectivity index (χ2v) is 5.84. The molecule has 0 aliphatic heterocycles. The minimum atomic E-state index is 0.634. The summed E-state index contributed by atoms with van der Waals surface area (Å²) in [5, 5.41) is 3.48. The van der Waals surface area contributed by atoms with Gasteiger partial charge in [-0.25, -0.2) is 0 Å². The Bertz CT molecular complexity index is 949. The van der Waals surface area contributed by atoms with Crippen LogP contribution in [0.25, 0.3) is 33.1 Å². The molecule has 0 atom stereocenters. The maximum Gasteiger partial charge on any atom is 0.135 e. The first kappa shape index (κ1) is 12.8. The van der Waals surface area contributed by atoms with E-state index < -0.39 is 0 Å². The van der Waals surface area contributed by atoms with Gasteiger partial charge in [0.25, 0.3) is 0 Å². The average molecular weight is 313 g/mol. The summed E-state index contributed by atoms with van der Waals surface area (Å²) in [6, 6.07) is 19.7. The van der Waals surface area contributed by atoms with Crippen LogP contribution in [0.4, 0.5) is 0 Å². The van der Waals surface area contributed by atoms with E-state index in [2.05, 4.69) is 12.1 Å². The molecule has 0 aliphatic rings. The molecule has 1 aromatic heterocycles. The molecule has 0 saturated heterocycles. The third-order valence-electron chi connectivity index (χ3n) is 3.57. The lowest BCUT2D eigenvalue weighted by Crippen LogP contribution is -1.78. The van der Waals surface area contributed by atoms with E-state index in [9.17, 15) is 0 Å². The van der Waals surface area contributed by atoms with Crippen molar-refractivity contribution in [3.05, 3.63) is 70.7 Å². The Morgan fingerprint density at radius 1 is 0.619 bits per heavy atom. The van der Waals surface area contributed by atoms with Crippen LogP contribution in [0.5, 0.6) is 0 Å². The van der Waals surface area contributed by atoms with Crippen LogP contribution in [0.3, 0.4) is 0 Å². The monoisotopic (exact) mass is 312 g/mol. The van der Waals surface area contributed by atoms with Crippen LogP contribution in [0.15, 0.2) is 65.1 Å². The molecule has 0 unspecified atom stereocenters. The summed E-state index contributed by atoms with van der Waals surface area (Å²) in [5.74, 6) is 0. The zero-order valence-corrected chi connectivity index (χ0v) is 12.4. The number of furan rings is 1. The molecule has 0 bridgehead atoms. The fourth-order valence-electron chi connectivity index (χ4n) is 2.63. The van der Waals surface area contributed by atoms with E-state index in [4.69, 9.17) is 27.6 Å². The highest BCUT2D eigenvalue weighted by Gasteiger charge is 2.08.